The first kappa shape index (κ1) is 22.1. The molecule has 0 saturated carbocycles. The van der Waals surface area contributed by atoms with Crippen molar-refractivity contribution in [2.24, 2.45) is 0 Å². The molecule has 2 N–H and O–H groups in total. The van der Waals surface area contributed by atoms with Crippen LogP contribution in [0.1, 0.15) is 15.9 Å². The van der Waals surface area contributed by atoms with E-state index in [0.29, 0.717) is 70.7 Å². The summed E-state index contributed by atoms with van der Waals surface area (Å²) in [4.78, 5) is 25.1. The number of halogens is 2. The largest absolute Gasteiger partial charge is 0.478 e. The number of hydrogen-bond acceptors (Lipinski definition) is 6. The molecule has 1 saturated heterocycles. The predicted octanol–water partition coefficient (Wildman–Crippen LogP) is 5.05. The standard InChI is InChI=1S/C24H20ClFN4O4/c1-13-2-4-15(11-16(13)23(31)32)34-24-27-19-12-17(25)21(28-22(19)29-24)14-3-5-20(18(26)10-14)30-6-8-33-9-7-30/h2-5,10-12H,6-9H2,1H3,(H,31,32)(H,27,28,29). The van der Waals surface area contributed by atoms with Gasteiger partial charge in [0.05, 0.1) is 40.7 Å². The summed E-state index contributed by atoms with van der Waals surface area (Å²) < 4.78 is 25.9. The fraction of sp³-hybridized carbons (Fsp3) is 0.208. The average Bonchev–Trinajstić information content (AvgIpc) is 3.21. The van der Waals surface area contributed by atoms with E-state index in [1.807, 2.05) is 4.90 Å². The van der Waals surface area contributed by atoms with Gasteiger partial charge in [0.25, 0.3) is 0 Å². The van der Waals surface area contributed by atoms with Gasteiger partial charge in [0, 0.05) is 18.7 Å². The number of pyridine rings is 1. The van der Waals surface area contributed by atoms with Crippen LogP contribution in [0.3, 0.4) is 0 Å². The molecule has 2 aromatic carbocycles. The van der Waals surface area contributed by atoms with Crippen molar-refractivity contribution in [3.05, 3.63) is 64.4 Å². The van der Waals surface area contributed by atoms with Gasteiger partial charge in [-0.05, 0) is 42.8 Å². The van der Waals surface area contributed by atoms with Gasteiger partial charge in [-0.1, -0.05) is 23.7 Å². The molecular formula is C24H20ClFN4O4. The molecule has 0 atom stereocenters. The lowest BCUT2D eigenvalue weighted by molar-refractivity contribution is 0.0695. The SMILES string of the molecule is Cc1ccc(Oc2nc3nc(-c4ccc(N5CCOCC5)c(F)c4)c(Cl)cc3[nH]2)cc1C(=O)O. The second kappa shape index (κ2) is 8.92. The van der Waals surface area contributed by atoms with E-state index >= 15 is 0 Å². The van der Waals surface area contributed by atoms with Crippen molar-refractivity contribution in [3.8, 4) is 23.0 Å². The summed E-state index contributed by atoms with van der Waals surface area (Å²) in [6.07, 6.45) is 0. The van der Waals surface area contributed by atoms with Crippen molar-refractivity contribution in [1.82, 2.24) is 15.0 Å². The van der Waals surface area contributed by atoms with Crippen LogP contribution in [0.5, 0.6) is 11.8 Å². The number of nitrogens with zero attached hydrogens (tertiary/aromatic N) is 3. The van der Waals surface area contributed by atoms with E-state index in [1.54, 1.807) is 37.3 Å². The topological polar surface area (TPSA) is 101 Å². The first-order valence-corrected chi connectivity index (χ1v) is 11.0. The zero-order valence-corrected chi connectivity index (χ0v) is 18.9. The molecule has 0 bridgehead atoms. The summed E-state index contributed by atoms with van der Waals surface area (Å²) in [5.74, 6) is -1.09. The minimum atomic E-state index is -1.04. The number of aromatic nitrogens is 3. The van der Waals surface area contributed by atoms with Crippen LogP contribution < -0.4 is 9.64 Å². The van der Waals surface area contributed by atoms with Crippen molar-refractivity contribution in [2.45, 2.75) is 6.92 Å². The van der Waals surface area contributed by atoms with Gasteiger partial charge in [0.1, 0.15) is 11.6 Å². The Bertz CT molecular complexity index is 1400. The summed E-state index contributed by atoms with van der Waals surface area (Å²) in [6.45, 7) is 4.10. The number of fused-ring (bicyclic) bond motifs is 1. The average molecular weight is 483 g/mol. The third-order valence-corrected chi connectivity index (χ3v) is 5.92. The van der Waals surface area contributed by atoms with E-state index < -0.39 is 5.97 Å². The smallest absolute Gasteiger partial charge is 0.336 e. The number of imidazole rings is 1. The molecule has 3 heterocycles. The first-order valence-electron chi connectivity index (χ1n) is 10.6. The molecule has 1 aliphatic rings. The van der Waals surface area contributed by atoms with E-state index in [2.05, 4.69) is 15.0 Å². The number of benzene rings is 2. The highest BCUT2D eigenvalue weighted by atomic mass is 35.5. The number of carbonyl (C=O) groups is 1. The maximum Gasteiger partial charge on any atom is 0.336 e. The minimum absolute atomic E-state index is 0.129. The Morgan fingerprint density at radius 3 is 2.71 bits per heavy atom. The molecular weight excluding hydrogens is 463 g/mol. The number of hydrogen-bond donors (Lipinski definition) is 2. The Balaban J connectivity index is 1.44. The minimum Gasteiger partial charge on any atom is -0.478 e. The molecule has 0 radical (unpaired) electrons. The Morgan fingerprint density at radius 2 is 1.97 bits per heavy atom. The van der Waals surface area contributed by atoms with Crippen LogP contribution in [-0.2, 0) is 4.74 Å². The number of aromatic carboxylic acids is 1. The van der Waals surface area contributed by atoms with Gasteiger partial charge < -0.3 is 24.5 Å². The van der Waals surface area contributed by atoms with E-state index in [9.17, 15) is 14.3 Å². The molecule has 0 spiro atoms. The van der Waals surface area contributed by atoms with Gasteiger partial charge in [-0.3, -0.25) is 0 Å². The van der Waals surface area contributed by atoms with Crippen LogP contribution in [0, 0.1) is 12.7 Å². The number of H-pyrrole nitrogens is 1. The van der Waals surface area contributed by atoms with Crippen LogP contribution >= 0.6 is 11.6 Å². The molecule has 1 fully saturated rings. The second-order valence-electron chi connectivity index (χ2n) is 7.88. The molecule has 174 valence electrons. The zero-order chi connectivity index (χ0) is 23.8. The van der Waals surface area contributed by atoms with E-state index in [1.165, 1.54) is 12.1 Å². The van der Waals surface area contributed by atoms with Crippen molar-refractivity contribution in [3.63, 3.8) is 0 Å². The van der Waals surface area contributed by atoms with Crippen LogP contribution in [0.4, 0.5) is 10.1 Å². The molecule has 8 nitrogen and oxygen atoms in total. The number of carboxylic acids is 1. The fourth-order valence-corrected chi connectivity index (χ4v) is 4.13. The van der Waals surface area contributed by atoms with Crippen LogP contribution in [0.2, 0.25) is 5.02 Å². The second-order valence-corrected chi connectivity index (χ2v) is 8.29. The van der Waals surface area contributed by atoms with E-state index in [4.69, 9.17) is 21.1 Å². The Morgan fingerprint density at radius 1 is 1.18 bits per heavy atom. The molecule has 0 unspecified atom stereocenters. The molecule has 0 aliphatic carbocycles. The highest BCUT2D eigenvalue weighted by Crippen LogP contribution is 2.33. The normalized spacial score (nSPS) is 13.9. The maximum absolute atomic E-state index is 14.9. The van der Waals surface area contributed by atoms with Crippen molar-refractivity contribution in [2.75, 3.05) is 31.2 Å². The van der Waals surface area contributed by atoms with Gasteiger partial charge >= 0.3 is 12.0 Å². The zero-order valence-electron chi connectivity index (χ0n) is 18.1. The number of morpholine rings is 1. The molecule has 5 rings (SSSR count). The molecule has 1 aliphatic heterocycles. The summed E-state index contributed by atoms with van der Waals surface area (Å²) in [5, 5.41) is 9.64. The lowest BCUT2D eigenvalue weighted by atomic mass is 10.1. The first-order chi connectivity index (χ1) is 16.4. The third kappa shape index (κ3) is 4.27. The molecule has 10 heteroatoms. The summed E-state index contributed by atoms with van der Waals surface area (Å²) in [7, 11) is 0. The summed E-state index contributed by atoms with van der Waals surface area (Å²) in [5.41, 5.74) is 3.05. The highest BCUT2D eigenvalue weighted by Gasteiger charge is 2.18. The molecule has 4 aromatic rings. The summed E-state index contributed by atoms with van der Waals surface area (Å²) in [6, 6.07) is 11.4. The highest BCUT2D eigenvalue weighted by molar-refractivity contribution is 6.33. The van der Waals surface area contributed by atoms with E-state index in [-0.39, 0.29) is 17.4 Å². The molecule has 0 amide bonds. The fourth-order valence-electron chi connectivity index (χ4n) is 3.87. The predicted molar refractivity (Wildman–Crippen MR) is 126 cm³/mol. The Kier molecular flexibility index (Phi) is 5.80. The van der Waals surface area contributed by atoms with Crippen LogP contribution in [0.15, 0.2) is 42.5 Å². The maximum atomic E-state index is 14.9. The monoisotopic (exact) mass is 482 g/mol. The van der Waals surface area contributed by atoms with Gasteiger partial charge in [-0.25, -0.2) is 14.2 Å². The number of anilines is 1. The van der Waals surface area contributed by atoms with Gasteiger partial charge in [0.2, 0.25) is 0 Å². The van der Waals surface area contributed by atoms with Crippen molar-refractivity contribution < 1.29 is 23.8 Å². The Labute approximate surface area is 198 Å². The molecule has 34 heavy (non-hydrogen) atoms. The number of rotatable bonds is 5. The van der Waals surface area contributed by atoms with Gasteiger partial charge in [-0.2, -0.15) is 4.98 Å². The van der Waals surface area contributed by atoms with Crippen molar-refractivity contribution >= 4 is 34.4 Å². The third-order valence-electron chi connectivity index (χ3n) is 5.63. The van der Waals surface area contributed by atoms with E-state index in [0.717, 1.165) is 0 Å². The lowest BCUT2D eigenvalue weighted by Crippen LogP contribution is -2.36. The lowest BCUT2D eigenvalue weighted by Gasteiger charge is -2.29. The van der Waals surface area contributed by atoms with Crippen LogP contribution in [-0.4, -0.2) is 52.3 Å². The quantitative estimate of drug-likeness (QED) is 0.410. The Hall–Kier alpha value is -3.69. The van der Waals surface area contributed by atoms with Gasteiger partial charge in [0.15, 0.2) is 5.65 Å². The van der Waals surface area contributed by atoms with Crippen molar-refractivity contribution in [1.29, 1.82) is 0 Å². The number of aryl methyl sites for hydroxylation is 1. The van der Waals surface area contributed by atoms with Crippen LogP contribution in [0.25, 0.3) is 22.4 Å². The molecule has 2 aromatic heterocycles. The number of nitrogens with one attached hydrogen (secondary N) is 1. The summed E-state index contributed by atoms with van der Waals surface area (Å²) >= 11 is 6.46. The number of aromatic amines is 1. The van der Waals surface area contributed by atoms with Gasteiger partial charge in [-0.15, -0.1) is 0 Å². The number of carboxylic acid groups (broad SMARTS) is 1. The number of ether oxygens (including phenoxy) is 2.